The molecular formula is C17H27NO. The van der Waals surface area contributed by atoms with Crippen molar-refractivity contribution in [3.8, 4) is 5.75 Å². The number of nitrogens with one attached hydrogen (secondary N) is 1. The SMILES string of the molecule is C=C(CC)CC(NCCC)c1ccc(OCC)cc1. The molecule has 1 atom stereocenters. The number of rotatable bonds is 9. The van der Waals surface area contributed by atoms with Gasteiger partial charge in [0.25, 0.3) is 0 Å². The van der Waals surface area contributed by atoms with E-state index in [-0.39, 0.29) is 0 Å². The van der Waals surface area contributed by atoms with Crippen molar-refractivity contribution in [1.29, 1.82) is 0 Å². The minimum absolute atomic E-state index is 0.364. The zero-order valence-corrected chi connectivity index (χ0v) is 12.5. The van der Waals surface area contributed by atoms with E-state index in [2.05, 4.69) is 37.9 Å². The maximum atomic E-state index is 5.49. The van der Waals surface area contributed by atoms with Gasteiger partial charge in [-0.2, -0.15) is 0 Å². The molecule has 0 amide bonds. The molecule has 0 bridgehead atoms. The van der Waals surface area contributed by atoms with Gasteiger partial charge in [-0.1, -0.05) is 38.1 Å². The van der Waals surface area contributed by atoms with E-state index < -0.39 is 0 Å². The number of hydrogen-bond acceptors (Lipinski definition) is 2. The van der Waals surface area contributed by atoms with Crippen LogP contribution < -0.4 is 10.1 Å². The monoisotopic (exact) mass is 261 g/mol. The maximum Gasteiger partial charge on any atom is 0.119 e. The van der Waals surface area contributed by atoms with Crippen molar-refractivity contribution in [3.05, 3.63) is 42.0 Å². The predicted molar refractivity (Wildman–Crippen MR) is 82.7 cm³/mol. The largest absolute Gasteiger partial charge is 0.494 e. The summed E-state index contributed by atoms with van der Waals surface area (Å²) >= 11 is 0. The summed E-state index contributed by atoms with van der Waals surface area (Å²) < 4.78 is 5.49. The molecule has 2 heteroatoms. The van der Waals surface area contributed by atoms with Gasteiger partial charge in [0.05, 0.1) is 6.61 Å². The van der Waals surface area contributed by atoms with Gasteiger partial charge in [0.2, 0.25) is 0 Å². The summed E-state index contributed by atoms with van der Waals surface area (Å²) in [5, 5.41) is 3.60. The highest BCUT2D eigenvalue weighted by Gasteiger charge is 2.11. The smallest absolute Gasteiger partial charge is 0.119 e. The Labute approximate surface area is 117 Å². The lowest BCUT2D eigenvalue weighted by Crippen LogP contribution is -2.22. The average molecular weight is 261 g/mol. The molecule has 2 nitrogen and oxygen atoms in total. The van der Waals surface area contributed by atoms with Gasteiger partial charge in [-0.15, -0.1) is 0 Å². The summed E-state index contributed by atoms with van der Waals surface area (Å²) in [7, 11) is 0. The Hall–Kier alpha value is -1.28. The molecular weight excluding hydrogens is 234 g/mol. The number of hydrogen-bond donors (Lipinski definition) is 1. The molecule has 0 spiro atoms. The molecule has 0 heterocycles. The summed E-state index contributed by atoms with van der Waals surface area (Å²) in [6, 6.07) is 8.77. The van der Waals surface area contributed by atoms with Crippen molar-refractivity contribution < 1.29 is 4.74 Å². The van der Waals surface area contributed by atoms with E-state index in [1.54, 1.807) is 0 Å². The molecule has 0 fully saturated rings. The standard InChI is InChI=1S/C17H27NO/c1-5-12-18-17(13-14(4)6-2)15-8-10-16(11-9-15)19-7-3/h8-11,17-18H,4-7,12-13H2,1-3H3. The second kappa shape index (κ2) is 8.76. The van der Waals surface area contributed by atoms with Crippen LogP contribution in [0.15, 0.2) is 36.4 Å². The summed E-state index contributed by atoms with van der Waals surface area (Å²) in [6.07, 6.45) is 3.19. The van der Waals surface area contributed by atoms with Crippen LogP contribution in [0.2, 0.25) is 0 Å². The van der Waals surface area contributed by atoms with Crippen molar-refractivity contribution in [2.75, 3.05) is 13.2 Å². The maximum absolute atomic E-state index is 5.49. The Morgan fingerprint density at radius 2 is 1.89 bits per heavy atom. The van der Waals surface area contributed by atoms with Gasteiger partial charge >= 0.3 is 0 Å². The summed E-state index contributed by atoms with van der Waals surface area (Å²) in [4.78, 5) is 0. The van der Waals surface area contributed by atoms with Crippen LogP contribution in [0.4, 0.5) is 0 Å². The number of ether oxygens (including phenoxy) is 1. The molecule has 0 saturated heterocycles. The third-order valence-corrected chi connectivity index (χ3v) is 3.23. The molecule has 0 aliphatic rings. The second-order valence-electron chi connectivity index (χ2n) is 4.82. The normalized spacial score (nSPS) is 12.2. The Morgan fingerprint density at radius 1 is 1.21 bits per heavy atom. The quantitative estimate of drug-likeness (QED) is 0.662. The fourth-order valence-electron chi connectivity index (χ4n) is 2.02. The van der Waals surface area contributed by atoms with Gasteiger partial charge in [0, 0.05) is 6.04 Å². The molecule has 0 aliphatic heterocycles. The molecule has 0 aliphatic carbocycles. The van der Waals surface area contributed by atoms with E-state index in [9.17, 15) is 0 Å². The minimum atomic E-state index is 0.364. The van der Waals surface area contributed by atoms with E-state index in [1.807, 2.05) is 19.1 Å². The van der Waals surface area contributed by atoms with Crippen LogP contribution in [0.1, 0.15) is 51.6 Å². The van der Waals surface area contributed by atoms with Gasteiger partial charge in [0.15, 0.2) is 0 Å². The highest BCUT2D eigenvalue weighted by Crippen LogP contribution is 2.24. The topological polar surface area (TPSA) is 21.3 Å². The first-order chi connectivity index (χ1) is 9.21. The van der Waals surface area contributed by atoms with Crippen LogP contribution >= 0.6 is 0 Å². The molecule has 106 valence electrons. The first-order valence-corrected chi connectivity index (χ1v) is 7.34. The predicted octanol–water partition coefficient (Wildman–Crippen LogP) is 4.48. The fourth-order valence-corrected chi connectivity index (χ4v) is 2.02. The minimum Gasteiger partial charge on any atom is -0.494 e. The average Bonchev–Trinajstić information content (AvgIpc) is 2.44. The van der Waals surface area contributed by atoms with Gasteiger partial charge in [-0.25, -0.2) is 0 Å². The lowest BCUT2D eigenvalue weighted by atomic mass is 9.98. The van der Waals surface area contributed by atoms with Crippen LogP contribution in [0.25, 0.3) is 0 Å². The zero-order chi connectivity index (χ0) is 14.1. The van der Waals surface area contributed by atoms with Crippen LogP contribution in [0, 0.1) is 0 Å². The number of benzene rings is 1. The molecule has 0 radical (unpaired) electrons. The molecule has 0 saturated carbocycles. The summed E-state index contributed by atoms with van der Waals surface area (Å²) in [5.74, 6) is 0.940. The van der Waals surface area contributed by atoms with E-state index in [1.165, 1.54) is 11.1 Å². The first kappa shape index (κ1) is 15.8. The van der Waals surface area contributed by atoms with E-state index in [0.29, 0.717) is 12.6 Å². The zero-order valence-electron chi connectivity index (χ0n) is 12.5. The fraction of sp³-hybridized carbons (Fsp3) is 0.529. The van der Waals surface area contributed by atoms with Crippen LogP contribution in [0.5, 0.6) is 5.75 Å². The molecule has 1 N–H and O–H groups in total. The molecule has 1 rings (SSSR count). The van der Waals surface area contributed by atoms with Crippen molar-refractivity contribution >= 4 is 0 Å². The van der Waals surface area contributed by atoms with Crippen LogP contribution in [0.3, 0.4) is 0 Å². The molecule has 1 aromatic carbocycles. The summed E-state index contributed by atoms with van der Waals surface area (Å²) in [5.41, 5.74) is 2.61. The summed E-state index contributed by atoms with van der Waals surface area (Å²) in [6.45, 7) is 12.2. The first-order valence-electron chi connectivity index (χ1n) is 7.34. The third kappa shape index (κ3) is 5.48. The van der Waals surface area contributed by atoms with Gasteiger partial charge in [-0.3, -0.25) is 0 Å². The van der Waals surface area contributed by atoms with Gasteiger partial charge in [0.1, 0.15) is 5.75 Å². The third-order valence-electron chi connectivity index (χ3n) is 3.23. The Kier molecular flexibility index (Phi) is 7.27. The lowest BCUT2D eigenvalue weighted by molar-refractivity contribution is 0.340. The molecule has 0 aromatic heterocycles. The van der Waals surface area contributed by atoms with E-state index in [0.717, 1.165) is 31.6 Å². The Bertz CT molecular complexity index is 369. The van der Waals surface area contributed by atoms with Crippen LogP contribution in [-0.2, 0) is 0 Å². The van der Waals surface area contributed by atoms with Gasteiger partial charge < -0.3 is 10.1 Å². The molecule has 1 unspecified atom stereocenters. The van der Waals surface area contributed by atoms with Crippen molar-refractivity contribution in [1.82, 2.24) is 5.32 Å². The molecule has 19 heavy (non-hydrogen) atoms. The highest BCUT2D eigenvalue weighted by atomic mass is 16.5. The second-order valence-corrected chi connectivity index (χ2v) is 4.82. The highest BCUT2D eigenvalue weighted by molar-refractivity contribution is 5.30. The van der Waals surface area contributed by atoms with Gasteiger partial charge in [-0.05, 0) is 50.4 Å². The Balaban J connectivity index is 2.74. The van der Waals surface area contributed by atoms with Crippen LogP contribution in [-0.4, -0.2) is 13.2 Å². The van der Waals surface area contributed by atoms with Crippen molar-refractivity contribution in [3.63, 3.8) is 0 Å². The van der Waals surface area contributed by atoms with Crippen molar-refractivity contribution in [2.24, 2.45) is 0 Å². The van der Waals surface area contributed by atoms with Crippen molar-refractivity contribution in [2.45, 2.75) is 46.1 Å². The van der Waals surface area contributed by atoms with E-state index in [4.69, 9.17) is 4.74 Å². The van der Waals surface area contributed by atoms with E-state index >= 15 is 0 Å². The Morgan fingerprint density at radius 3 is 2.42 bits per heavy atom. The molecule has 1 aromatic rings. The lowest BCUT2D eigenvalue weighted by Gasteiger charge is -2.20.